The molecule has 0 saturated carbocycles. The number of hydrogen-bond donors (Lipinski definition) is 2. The fourth-order valence-electron chi connectivity index (χ4n) is 5.47. The van der Waals surface area contributed by atoms with Gasteiger partial charge in [0.05, 0.1) is 18.4 Å². The number of benzene rings is 4. The van der Waals surface area contributed by atoms with Crippen LogP contribution in [0.15, 0.2) is 109 Å². The smallest absolute Gasteiger partial charge is 0.306 e. The quantitative estimate of drug-likeness (QED) is 0.116. The highest BCUT2D eigenvalue weighted by Crippen LogP contribution is 2.30. The molecular weight excluding hydrogens is 538 g/mol. The number of nitrogen functional groups attached to an aromatic ring is 1. The van der Waals surface area contributed by atoms with Gasteiger partial charge in [0.2, 0.25) is 5.91 Å². The average molecular weight is 576 g/mol. The molecule has 5 rings (SSSR count). The number of likely N-dealkylation sites (tertiary alicyclic amines) is 1. The zero-order valence-electron chi connectivity index (χ0n) is 24.2. The summed E-state index contributed by atoms with van der Waals surface area (Å²) >= 11 is 0. The molecule has 4 aromatic rings. The summed E-state index contributed by atoms with van der Waals surface area (Å²) in [6, 6.07) is 35.0. The molecule has 43 heavy (non-hydrogen) atoms. The average Bonchev–Trinajstić information content (AvgIpc) is 3.33. The van der Waals surface area contributed by atoms with Gasteiger partial charge in [-0.25, -0.2) is 0 Å². The first-order valence-corrected chi connectivity index (χ1v) is 14.7. The van der Waals surface area contributed by atoms with Crippen LogP contribution in [0.1, 0.15) is 36.0 Å². The van der Waals surface area contributed by atoms with Crippen molar-refractivity contribution in [2.24, 2.45) is 11.7 Å². The largest absolute Gasteiger partial charge is 0.491 e. The van der Waals surface area contributed by atoms with Crippen LogP contribution in [0.3, 0.4) is 0 Å². The number of ether oxygens (including phenoxy) is 2. The van der Waals surface area contributed by atoms with Crippen molar-refractivity contribution >= 4 is 17.7 Å². The Balaban J connectivity index is 1.20. The van der Waals surface area contributed by atoms with E-state index < -0.39 is 5.92 Å². The van der Waals surface area contributed by atoms with Gasteiger partial charge in [0.15, 0.2) is 0 Å². The molecule has 1 fully saturated rings. The van der Waals surface area contributed by atoms with E-state index >= 15 is 0 Å². The van der Waals surface area contributed by atoms with Crippen molar-refractivity contribution in [2.75, 3.05) is 13.2 Å². The van der Waals surface area contributed by atoms with Crippen molar-refractivity contribution in [3.8, 4) is 16.9 Å². The first-order chi connectivity index (χ1) is 21.0. The third-order valence-electron chi connectivity index (χ3n) is 7.82. The maximum Gasteiger partial charge on any atom is 0.306 e. The number of aryl methyl sites for hydroxylation is 1. The van der Waals surface area contributed by atoms with Crippen LogP contribution < -0.4 is 10.5 Å². The predicted molar refractivity (Wildman–Crippen MR) is 168 cm³/mol. The van der Waals surface area contributed by atoms with E-state index in [0.717, 1.165) is 29.5 Å². The Morgan fingerprint density at radius 2 is 1.44 bits per heavy atom. The van der Waals surface area contributed by atoms with E-state index in [0.29, 0.717) is 30.9 Å². The molecule has 7 heteroatoms. The van der Waals surface area contributed by atoms with Crippen LogP contribution in [0.25, 0.3) is 11.1 Å². The first-order valence-electron chi connectivity index (χ1n) is 14.7. The second kappa shape index (κ2) is 14.3. The van der Waals surface area contributed by atoms with Gasteiger partial charge in [-0.3, -0.25) is 15.0 Å². The number of carbonyl (C=O) groups is 2. The van der Waals surface area contributed by atoms with Gasteiger partial charge in [-0.2, -0.15) is 0 Å². The lowest BCUT2D eigenvalue weighted by Crippen LogP contribution is -2.38. The van der Waals surface area contributed by atoms with Gasteiger partial charge in [-0.15, -0.1) is 0 Å². The lowest BCUT2D eigenvalue weighted by Gasteiger charge is -2.25. The molecule has 7 nitrogen and oxygen atoms in total. The molecular formula is C36H37N3O4. The van der Waals surface area contributed by atoms with E-state index in [2.05, 4.69) is 12.1 Å². The van der Waals surface area contributed by atoms with E-state index in [-0.39, 0.29) is 36.8 Å². The topological polar surface area (TPSA) is 106 Å². The fourth-order valence-corrected chi connectivity index (χ4v) is 5.47. The van der Waals surface area contributed by atoms with Crippen LogP contribution in [-0.4, -0.2) is 41.8 Å². The van der Waals surface area contributed by atoms with Crippen LogP contribution in [-0.2, 0) is 27.4 Å². The number of nitrogens with one attached hydrogen (secondary N) is 1. The highest BCUT2D eigenvalue weighted by molar-refractivity contribution is 5.95. The number of amides is 1. The van der Waals surface area contributed by atoms with Gasteiger partial charge in [0.1, 0.15) is 24.8 Å². The Hall–Kier alpha value is -4.91. The zero-order valence-corrected chi connectivity index (χ0v) is 24.2. The maximum absolute atomic E-state index is 13.5. The minimum Gasteiger partial charge on any atom is -0.491 e. The maximum atomic E-state index is 13.5. The molecule has 2 atom stereocenters. The van der Waals surface area contributed by atoms with Gasteiger partial charge in [0, 0.05) is 12.1 Å². The van der Waals surface area contributed by atoms with Crippen molar-refractivity contribution in [1.82, 2.24) is 4.90 Å². The molecule has 0 spiro atoms. The second-order valence-corrected chi connectivity index (χ2v) is 10.9. The monoisotopic (exact) mass is 575 g/mol. The molecule has 1 aliphatic rings. The van der Waals surface area contributed by atoms with Crippen molar-refractivity contribution < 1.29 is 19.1 Å². The molecule has 0 aromatic heterocycles. The SMILES string of the molecule is N=C(N)c1ccc(-c2ccc(OC[C@@H]3C[C@@H](CC(=O)OCc4ccccc4)C(=O)N3CCCc3ccccc3)cc2)cc1. The van der Waals surface area contributed by atoms with Crippen molar-refractivity contribution in [3.05, 3.63) is 126 Å². The summed E-state index contributed by atoms with van der Waals surface area (Å²) in [5.74, 6) is -0.0378. The third-order valence-corrected chi connectivity index (χ3v) is 7.82. The molecule has 0 radical (unpaired) electrons. The number of rotatable bonds is 13. The summed E-state index contributed by atoms with van der Waals surface area (Å²) < 4.78 is 11.7. The number of amidine groups is 1. The Morgan fingerprint density at radius 3 is 2.07 bits per heavy atom. The van der Waals surface area contributed by atoms with E-state index in [1.165, 1.54) is 5.56 Å². The lowest BCUT2D eigenvalue weighted by atomic mass is 10.0. The summed E-state index contributed by atoms with van der Waals surface area (Å²) in [5.41, 5.74) is 10.4. The van der Waals surface area contributed by atoms with Gasteiger partial charge >= 0.3 is 5.97 Å². The van der Waals surface area contributed by atoms with Gasteiger partial charge in [-0.1, -0.05) is 97.1 Å². The lowest BCUT2D eigenvalue weighted by molar-refractivity contribution is -0.148. The molecule has 220 valence electrons. The molecule has 1 amide bonds. The predicted octanol–water partition coefficient (Wildman–Crippen LogP) is 6.00. The van der Waals surface area contributed by atoms with E-state index in [9.17, 15) is 9.59 Å². The van der Waals surface area contributed by atoms with Crippen LogP contribution in [0, 0.1) is 11.3 Å². The number of hydrogen-bond acceptors (Lipinski definition) is 5. The van der Waals surface area contributed by atoms with Crippen molar-refractivity contribution in [2.45, 2.75) is 38.3 Å². The highest BCUT2D eigenvalue weighted by Gasteiger charge is 2.40. The van der Waals surface area contributed by atoms with Crippen LogP contribution >= 0.6 is 0 Å². The van der Waals surface area contributed by atoms with Crippen LogP contribution in [0.5, 0.6) is 5.75 Å². The van der Waals surface area contributed by atoms with Crippen LogP contribution in [0.2, 0.25) is 0 Å². The molecule has 0 aliphatic carbocycles. The fraction of sp³-hybridized carbons (Fsp3) is 0.250. The summed E-state index contributed by atoms with van der Waals surface area (Å²) in [4.78, 5) is 28.0. The highest BCUT2D eigenvalue weighted by atomic mass is 16.5. The van der Waals surface area contributed by atoms with Gasteiger partial charge in [-0.05, 0) is 53.6 Å². The van der Waals surface area contributed by atoms with Crippen LogP contribution in [0.4, 0.5) is 0 Å². The Kier molecular flexibility index (Phi) is 9.85. The number of nitrogens with zero attached hydrogens (tertiary/aromatic N) is 1. The number of nitrogens with two attached hydrogens (primary N) is 1. The second-order valence-electron chi connectivity index (χ2n) is 10.9. The zero-order chi connectivity index (χ0) is 30.0. The van der Waals surface area contributed by atoms with E-state index in [4.69, 9.17) is 20.6 Å². The molecule has 1 heterocycles. The van der Waals surface area contributed by atoms with Gasteiger partial charge < -0.3 is 20.1 Å². The molecule has 4 aromatic carbocycles. The molecule has 0 unspecified atom stereocenters. The van der Waals surface area contributed by atoms with Crippen molar-refractivity contribution in [1.29, 1.82) is 5.41 Å². The third kappa shape index (κ3) is 8.10. The first kappa shape index (κ1) is 29.6. The summed E-state index contributed by atoms with van der Waals surface area (Å²) in [7, 11) is 0. The summed E-state index contributed by atoms with van der Waals surface area (Å²) in [6.07, 6.45) is 2.31. The Labute approximate surface area is 252 Å². The van der Waals surface area contributed by atoms with Gasteiger partial charge in [0.25, 0.3) is 0 Å². The molecule has 1 saturated heterocycles. The van der Waals surface area contributed by atoms with E-state index in [1.54, 1.807) is 0 Å². The Bertz CT molecular complexity index is 1510. The number of carbonyl (C=O) groups excluding carboxylic acids is 2. The Morgan fingerprint density at radius 1 is 0.837 bits per heavy atom. The number of esters is 1. The van der Waals surface area contributed by atoms with Crippen molar-refractivity contribution in [3.63, 3.8) is 0 Å². The minimum absolute atomic E-state index is 0.0114. The molecule has 3 N–H and O–H groups in total. The van der Waals surface area contributed by atoms with E-state index in [1.807, 2.05) is 102 Å². The minimum atomic E-state index is -0.422. The summed E-state index contributed by atoms with van der Waals surface area (Å²) in [5, 5.41) is 7.57. The molecule has 0 bridgehead atoms. The normalized spacial score (nSPS) is 16.2. The summed E-state index contributed by atoms with van der Waals surface area (Å²) in [6.45, 7) is 1.15. The molecule has 1 aliphatic heterocycles. The standard InChI is InChI=1S/C36H37N3O4/c37-35(38)30-15-13-28(14-16-30)29-17-19-33(20-18-29)42-25-32-22-31(23-34(40)43-24-27-10-5-2-6-11-27)36(41)39(32)21-7-12-26-8-3-1-4-9-26/h1-6,8-11,13-20,31-32H,7,12,21-25H2,(H3,37,38)/t31-,32-/m0/s1.